The number of hydrogen-bond acceptors (Lipinski definition) is 4. The first kappa shape index (κ1) is 14.5. The number of hydrogen-bond donors (Lipinski definition) is 2. The monoisotopic (exact) mass is 279 g/mol. The van der Waals surface area contributed by atoms with Crippen molar-refractivity contribution in [2.75, 3.05) is 19.7 Å². The predicted octanol–water partition coefficient (Wildman–Crippen LogP) is 1.83. The van der Waals surface area contributed by atoms with E-state index < -0.39 is 5.60 Å². The van der Waals surface area contributed by atoms with Gasteiger partial charge in [-0.25, -0.2) is 0 Å². The lowest BCUT2D eigenvalue weighted by Crippen LogP contribution is -2.41. The normalized spacial score (nSPS) is 18.9. The molecule has 0 amide bonds. The number of aliphatic hydroxyl groups excluding tert-OH is 1. The Morgan fingerprint density at radius 2 is 2.11 bits per heavy atom. The maximum Gasteiger partial charge on any atom is 0.0771 e. The van der Waals surface area contributed by atoms with Gasteiger partial charge in [-0.15, -0.1) is 11.3 Å². The molecule has 0 bridgehead atoms. The number of aliphatic hydroxyl groups is 2. The van der Waals surface area contributed by atoms with Gasteiger partial charge >= 0.3 is 0 Å². The number of likely N-dealkylation sites (tertiary alicyclic amines) is 1. The van der Waals surface area contributed by atoms with Crippen molar-refractivity contribution in [2.45, 2.75) is 38.3 Å². The third-order valence-electron chi connectivity index (χ3n) is 3.42. The lowest BCUT2D eigenvalue weighted by Gasteiger charge is -2.35. The van der Waals surface area contributed by atoms with Gasteiger partial charge in [0, 0.05) is 30.9 Å². The van der Waals surface area contributed by atoms with Gasteiger partial charge in [-0.2, -0.15) is 0 Å². The van der Waals surface area contributed by atoms with Crippen LogP contribution in [0.15, 0.2) is 12.1 Å². The number of thiophene rings is 1. The second kappa shape index (κ2) is 6.53. The first-order valence-corrected chi connectivity index (χ1v) is 7.54. The van der Waals surface area contributed by atoms with Gasteiger partial charge in [0.1, 0.15) is 0 Å². The molecule has 0 unspecified atom stereocenters. The molecule has 1 aromatic rings. The van der Waals surface area contributed by atoms with E-state index in [1.807, 2.05) is 13.0 Å². The fourth-order valence-corrected chi connectivity index (χ4v) is 3.07. The Hall–Kier alpha value is -0.860. The molecule has 2 rings (SSSR count). The van der Waals surface area contributed by atoms with Crippen LogP contribution in [0.1, 0.15) is 35.9 Å². The molecule has 1 aliphatic heterocycles. The molecule has 19 heavy (non-hydrogen) atoms. The Morgan fingerprint density at radius 1 is 1.37 bits per heavy atom. The smallest absolute Gasteiger partial charge is 0.0771 e. The summed E-state index contributed by atoms with van der Waals surface area (Å²) in [6.45, 7) is 4.90. The molecule has 2 N–H and O–H groups in total. The largest absolute Gasteiger partial charge is 0.395 e. The van der Waals surface area contributed by atoms with Crippen molar-refractivity contribution in [2.24, 2.45) is 0 Å². The standard InChI is InChI=1S/C15H21NO2S/c1-15(18)7-9-16(10-8-15)12-14-6-5-13(19-14)4-2-3-11-17/h5-6,17-18H,3,7-12H2,1H3. The van der Waals surface area contributed by atoms with E-state index in [4.69, 9.17) is 5.11 Å². The van der Waals surface area contributed by atoms with Crippen LogP contribution < -0.4 is 0 Å². The zero-order chi connectivity index (χ0) is 13.7. The van der Waals surface area contributed by atoms with Gasteiger partial charge in [-0.3, -0.25) is 4.90 Å². The average molecular weight is 279 g/mol. The Bertz CT molecular complexity index is 460. The Labute approximate surface area is 118 Å². The van der Waals surface area contributed by atoms with E-state index >= 15 is 0 Å². The van der Waals surface area contributed by atoms with Crippen molar-refractivity contribution in [3.63, 3.8) is 0 Å². The fraction of sp³-hybridized carbons (Fsp3) is 0.600. The number of nitrogens with zero attached hydrogens (tertiary/aromatic N) is 1. The maximum atomic E-state index is 9.92. The molecule has 1 saturated heterocycles. The van der Waals surface area contributed by atoms with Crippen molar-refractivity contribution in [3.8, 4) is 11.8 Å². The van der Waals surface area contributed by atoms with E-state index in [0.717, 1.165) is 37.4 Å². The second-order valence-corrected chi connectivity index (χ2v) is 6.48. The zero-order valence-corrected chi connectivity index (χ0v) is 12.2. The van der Waals surface area contributed by atoms with Crippen LogP contribution in [0, 0.1) is 11.8 Å². The Morgan fingerprint density at radius 3 is 2.79 bits per heavy atom. The number of rotatable bonds is 3. The molecule has 2 heterocycles. The summed E-state index contributed by atoms with van der Waals surface area (Å²) in [7, 11) is 0. The van der Waals surface area contributed by atoms with Crippen LogP contribution in [0.3, 0.4) is 0 Å². The summed E-state index contributed by atoms with van der Waals surface area (Å²) < 4.78 is 0. The van der Waals surface area contributed by atoms with Gasteiger partial charge in [-0.1, -0.05) is 11.8 Å². The van der Waals surface area contributed by atoms with Crippen LogP contribution in [-0.2, 0) is 6.54 Å². The molecule has 1 aromatic heterocycles. The van der Waals surface area contributed by atoms with E-state index in [1.165, 1.54) is 4.88 Å². The minimum absolute atomic E-state index is 0.124. The molecule has 0 atom stereocenters. The molecule has 1 aliphatic rings. The van der Waals surface area contributed by atoms with Crippen LogP contribution in [0.4, 0.5) is 0 Å². The van der Waals surface area contributed by atoms with Crippen molar-refractivity contribution in [1.82, 2.24) is 4.90 Å². The predicted molar refractivity (Wildman–Crippen MR) is 78.0 cm³/mol. The van der Waals surface area contributed by atoms with Gasteiger partial charge < -0.3 is 10.2 Å². The van der Waals surface area contributed by atoms with Crippen molar-refractivity contribution in [3.05, 3.63) is 21.9 Å². The lowest BCUT2D eigenvalue weighted by molar-refractivity contribution is -0.00706. The summed E-state index contributed by atoms with van der Waals surface area (Å²) >= 11 is 1.72. The van der Waals surface area contributed by atoms with Gasteiger partial charge in [0.05, 0.1) is 17.1 Å². The molecule has 1 fully saturated rings. The quantitative estimate of drug-likeness (QED) is 0.830. The van der Waals surface area contributed by atoms with Crippen LogP contribution in [0.5, 0.6) is 0 Å². The van der Waals surface area contributed by atoms with E-state index in [0.29, 0.717) is 6.42 Å². The SMILES string of the molecule is CC1(O)CCN(Cc2ccc(C#CCCO)s2)CC1. The highest BCUT2D eigenvalue weighted by Gasteiger charge is 2.27. The molecular formula is C15H21NO2S. The molecule has 0 aliphatic carbocycles. The van der Waals surface area contributed by atoms with Crippen LogP contribution in [0.2, 0.25) is 0 Å². The molecule has 4 heteroatoms. The molecule has 104 valence electrons. The lowest BCUT2D eigenvalue weighted by atomic mass is 9.94. The van der Waals surface area contributed by atoms with Crippen molar-refractivity contribution >= 4 is 11.3 Å². The Kier molecular flexibility index (Phi) is 5.00. The summed E-state index contributed by atoms with van der Waals surface area (Å²) in [6.07, 6.45) is 2.23. The fourth-order valence-electron chi connectivity index (χ4n) is 2.15. The first-order valence-electron chi connectivity index (χ1n) is 6.72. The van der Waals surface area contributed by atoms with Crippen LogP contribution >= 0.6 is 11.3 Å². The van der Waals surface area contributed by atoms with E-state index in [9.17, 15) is 5.11 Å². The summed E-state index contributed by atoms with van der Waals surface area (Å²) in [5.74, 6) is 6.01. The summed E-state index contributed by atoms with van der Waals surface area (Å²) in [6, 6.07) is 4.17. The van der Waals surface area contributed by atoms with E-state index in [2.05, 4.69) is 22.8 Å². The van der Waals surface area contributed by atoms with Gasteiger partial charge in [0.15, 0.2) is 0 Å². The molecular weight excluding hydrogens is 258 g/mol. The Balaban J connectivity index is 1.86. The van der Waals surface area contributed by atoms with E-state index in [1.54, 1.807) is 11.3 Å². The van der Waals surface area contributed by atoms with Gasteiger partial charge in [0.25, 0.3) is 0 Å². The average Bonchev–Trinajstić information content (AvgIpc) is 2.80. The molecule has 0 saturated carbocycles. The summed E-state index contributed by atoms with van der Waals surface area (Å²) in [5.41, 5.74) is -0.479. The topological polar surface area (TPSA) is 43.7 Å². The molecule has 0 aromatic carbocycles. The van der Waals surface area contributed by atoms with Crippen LogP contribution in [-0.4, -0.2) is 40.4 Å². The minimum atomic E-state index is -0.479. The van der Waals surface area contributed by atoms with Gasteiger partial charge in [0.2, 0.25) is 0 Å². The highest BCUT2D eigenvalue weighted by molar-refractivity contribution is 7.12. The minimum Gasteiger partial charge on any atom is -0.395 e. The van der Waals surface area contributed by atoms with Crippen LogP contribution in [0.25, 0.3) is 0 Å². The highest BCUT2D eigenvalue weighted by atomic mass is 32.1. The third-order valence-corrected chi connectivity index (χ3v) is 4.41. The zero-order valence-electron chi connectivity index (χ0n) is 11.4. The van der Waals surface area contributed by atoms with Crippen molar-refractivity contribution < 1.29 is 10.2 Å². The molecule has 0 radical (unpaired) electrons. The third kappa shape index (κ3) is 4.63. The van der Waals surface area contributed by atoms with Gasteiger partial charge in [-0.05, 0) is 31.9 Å². The first-order chi connectivity index (χ1) is 9.09. The second-order valence-electron chi connectivity index (χ2n) is 5.31. The van der Waals surface area contributed by atoms with E-state index in [-0.39, 0.29) is 6.61 Å². The van der Waals surface area contributed by atoms with Crippen molar-refractivity contribution in [1.29, 1.82) is 0 Å². The summed E-state index contributed by atoms with van der Waals surface area (Å²) in [4.78, 5) is 4.76. The number of piperidine rings is 1. The maximum absolute atomic E-state index is 9.92. The molecule has 3 nitrogen and oxygen atoms in total. The molecule has 0 spiro atoms. The summed E-state index contributed by atoms with van der Waals surface area (Å²) in [5, 5.41) is 18.6. The highest BCUT2D eigenvalue weighted by Crippen LogP contribution is 2.24.